The van der Waals surface area contributed by atoms with Gasteiger partial charge in [0.05, 0.1) is 12.7 Å². The van der Waals surface area contributed by atoms with E-state index in [1.54, 1.807) is 0 Å². The third-order valence-corrected chi connectivity index (χ3v) is 4.80. The van der Waals surface area contributed by atoms with Crippen LogP contribution in [0.25, 0.3) is 0 Å². The fourth-order valence-corrected chi connectivity index (χ4v) is 3.70. The Morgan fingerprint density at radius 2 is 2.00 bits per heavy atom. The summed E-state index contributed by atoms with van der Waals surface area (Å²) in [5, 5.41) is 3.51. The van der Waals surface area contributed by atoms with Gasteiger partial charge in [-0.1, -0.05) is 30.3 Å². The first kappa shape index (κ1) is 14.1. The first-order chi connectivity index (χ1) is 9.78. The molecular weight excluding hydrogens is 248 g/mol. The number of ether oxygens (including phenoxy) is 1. The fraction of sp³-hybridized carbons (Fsp3) is 0.647. The fourth-order valence-electron chi connectivity index (χ4n) is 3.70. The Kier molecular flexibility index (Phi) is 4.39. The molecule has 2 aliphatic heterocycles. The van der Waals surface area contributed by atoms with E-state index >= 15 is 0 Å². The van der Waals surface area contributed by atoms with E-state index in [0.717, 1.165) is 32.8 Å². The molecule has 110 valence electrons. The van der Waals surface area contributed by atoms with Gasteiger partial charge in [-0.2, -0.15) is 0 Å². The molecular formula is C17H26N2O. The summed E-state index contributed by atoms with van der Waals surface area (Å²) in [6.07, 6.45) is 2.85. The van der Waals surface area contributed by atoms with Crippen molar-refractivity contribution < 1.29 is 4.74 Å². The summed E-state index contributed by atoms with van der Waals surface area (Å²) in [4.78, 5) is 2.60. The topological polar surface area (TPSA) is 24.5 Å². The second-order valence-electron chi connectivity index (χ2n) is 6.31. The Labute approximate surface area is 122 Å². The lowest BCUT2D eigenvalue weighted by Gasteiger charge is -2.43. The summed E-state index contributed by atoms with van der Waals surface area (Å²) in [6, 6.07) is 11.1. The first-order valence-corrected chi connectivity index (χ1v) is 7.89. The van der Waals surface area contributed by atoms with Gasteiger partial charge in [-0.15, -0.1) is 0 Å². The third-order valence-electron chi connectivity index (χ3n) is 4.80. The standard InChI is InChI=1S/C17H26N2O/c1-15-13-19(11-12-20-15)14-17(7-9-18-10-8-17)16-5-3-2-4-6-16/h2-6,15,18H,7-14H2,1H3. The molecule has 3 rings (SSSR count). The first-order valence-electron chi connectivity index (χ1n) is 7.89. The summed E-state index contributed by atoms with van der Waals surface area (Å²) >= 11 is 0. The number of nitrogens with zero attached hydrogens (tertiary/aromatic N) is 1. The molecule has 3 nitrogen and oxygen atoms in total. The van der Waals surface area contributed by atoms with E-state index in [1.165, 1.54) is 24.9 Å². The molecule has 0 radical (unpaired) electrons. The van der Waals surface area contributed by atoms with Crippen molar-refractivity contribution >= 4 is 0 Å². The highest BCUT2D eigenvalue weighted by Crippen LogP contribution is 2.34. The van der Waals surface area contributed by atoms with Crippen molar-refractivity contribution in [2.24, 2.45) is 0 Å². The van der Waals surface area contributed by atoms with E-state index < -0.39 is 0 Å². The van der Waals surface area contributed by atoms with Crippen LogP contribution in [-0.2, 0) is 10.2 Å². The van der Waals surface area contributed by atoms with Crippen molar-refractivity contribution in [2.45, 2.75) is 31.3 Å². The number of morpholine rings is 1. The maximum absolute atomic E-state index is 5.68. The second-order valence-corrected chi connectivity index (χ2v) is 6.31. The van der Waals surface area contributed by atoms with Crippen LogP contribution < -0.4 is 5.32 Å². The number of nitrogens with one attached hydrogen (secondary N) is 1. The molecule has 20 heavy (non-hydrogen) atoms. The molecule has 1 N–H and O–H groups in total. The summed E-state index contributed by atoms with van der Waals surface area (Å²) in [7, 11) is 0. The van der Waals surface area contributed by atoms with Gasteiger partial charge in [0.1, 0.15) is 0 Å². The Morgan fingerprint density at radius 3 is 2.70 bits per heavy atom. The number of hydrogen-bond donors (Lipinski definition) is 1. The Balaban J connectivity index is 1.79. The number of benzene rings is 1. The summed E-state index contributed by atoms with van der Waals surface area (Å²) in [6.45, 7) is 8.65. The van der Waals surface area contributed by atoms with Crippen molar-refractivity contribution in [1.29, 1.82) is 0 Å². The van der Waals surface area contributed by atoms with Crippen molar-refractivity contribution in [3.05, 3.63) is 35.9 Å². The zero-order chi connectivity index (χ0) is 13.8. The molecule has 0 aromatic heterocycles. The van der Waals surface area contributed by atoms with Crippen LogP contribution in [0, 0.1) is 0 Å². The summed E-state index contributed by atoms with van der Waals surface area (Å²) < 4.78 is 5.68. The zero-order valence-electron chi connectivity index (χ0n) is 12.5. The van der Waals surface area contributed by atoms with Crippen LogP contribution in [0.4, 0.5) is 0 Å². The van der Waals surface area contributed by atoms with E-state index in [0.29, 0.717) is 11.5 Å². The third kappa shape index (κ3) is 3.05. The summed E-state index contributed by atoms with van der Waals surface area (Å²) in [5.74, 6) is 0. The molecule has 0 saturated carbocycles. The monoisotopic (exact) mass is 274 g/mol. The SMILES string of the molecule is CC1CN(CC2(c3ccccc3)CCNCC2)CCO1. The quantitative estimate of drug-likeness (QED) is 0.913. The van der Waals surface area contributed by atoms with Gasteiger partial charge in [-0.3, -0.25) is 4.90 Å². The van der Waals surface area contributed by atoms with Gasteiger partial charge in [-0.25, -0.2) is 0 Å². The lowest BCUT2D eigenvalue weighted by Crippen LogP contribution is -2.51. The largest absolute Gasteiger partial charge is 0.376 e. The number of piperidine rings is 1. The van der Waals surface area contributed by atoms with E-state index in [1.807, 2.05) is 0 Å². The lowest BCUT2D eigenvalue weighted by molar-refractivity contribution is -0.0275. The molecule has 1 aromatic rings. The highest BCUT2D eigenvalue weighted by Gasteiger charge is 2.36. The molecule has 0 aliphatic carbocycles. The van der Waals surface area contributed by atoms with E-state index in [-0.39, 0.29) is 0 Å². The lowest BCUT2D eigenvalue weighted by atomic mass is 9.72. The minimum atomic E-state index is 0.323. The maximum atomic E-state index is 5.68. The zero-order valence-corrected chi connectivity index (χ0v) is 12.5. The van der Waals surface area contributed by atoms with Crippen molar-refractivity contribution in [3.8, 4) is 0 Å². The van der Waals surface area contributed by atoms with E-state index in [9.17, 15) is 0 Å². The minimum Gasteiger partial charge on any atom is -0.376 e. The van der Waals surface area contributed by atoms with E-state index in [2.05, 4.69) is 47.5 Å². The highest BCUT2D eigenvalue weighted by atomic mass is 16.5. The molecule has 1 aromatic carbocycles. The Bertz CT molecular complexity index is 414. The second kappa shape index (κ2) is 6.25. The van der Waals surface area contributed by atoms with Crippen LogP contribution in [0.2, 0.25) is 0 Å². The van der Waals surface area contributed by atoms with Gasteiger partial charge in [0, 0.05) is 25.0 Å². The number of hydrogen-bond acceptors (Lipinski definition) is 3. The van der Waals surface area contributed by atoms with Crippen LogP contribution in [0.15, 0.2) is 30.3 Å². The van der Waals surface area contributed by atoms with Crippen LogP contribution >= 0.6 is 0 Å². The normalized spacial score (nSPS) is 27.4. The van der Waals surface area contributed by atoms with Crippen molar-refractivity contribution in [2.75, 3.05) is 39.3 Å². The highest BCUT2D eigenvalue weighted by molar-refractivity contribution is 5.27. The molecule has 2 saturated heterocycles. The molecule has 2 heterocycles. The van der Waals surface area contributed by atoms with Gasteiger partial charge in [0.2, 0.25) is 0 Å². The average molecular weight is 274 g/mol. The molecule has 2 aliphatic rings. The van der Waals surface area contributed by atoms with Gasteiger partial charge in [-0.05, 0) is 38.4 Å². The molecule has 1 atom stereocenters. The molecule has 0 amide bonds. The van der Waals surface area contributed by atoms with Gasteiger partial charge < -0.3 is 10.1 Å². The minimum absolute atomic E-state index is 0.323. The van der Waals surface area contributed by atoms with Crippen LogP contribution in [0.3, 0.4) is 0 Å². The smallest absolute Gasteiger partial charge is 0.0674 e. The molecule has 3 heteroatoms. The predicted molar refractivity (Wildman–Crippen MR) is 82.1 cm³/mol. The van der Waals surface area contributed by atoms with Crippen LogP contribution in [0.1, 0.15) is 25.3 Å². The van der Waals surface area contributed by atoms with Crippen LogP contribution in [-0.4, -0.2) is 50.3 Å². The average Bonchev–Trinajstić information content (AvgIpc) is 2.49. The van der Waals surface area contributed by atoms with Gasteiger partial charge >= 0.3 is 0 Å². The Hall–Kier alpha value is -0.900. The predicted octanol–water partition coefficient (Wildman–Crippen LogP) is 2.03. The van der Waals surface area contributed by atoms with E-state index in [4.69, 9.17) is 4.74 Å². The van der Waals surface area contributed by atoms with Crippen molar-refractivity contribution in [3.63, 3.8) is 0 Å². The summed E-state index contributed by atoms with van der Waals surface area (Å²) in [5.41, 5.74) is 1.84. The van der Waals surface area contributed by atoms with Crippen molar-refractivity contribution in [1.82, 2.24) is 10.2 Å². The molecule has 1 unspecified atom stereocenters. The Morgan fingerprint density at radius 1 is 1.25 bits per heavy atom. The van der Waals surface area contributed by atoms with Gasteiger partial charge in [0.15, 0.2) is 0 Å². The van der Waals surface area contributed by atoms with Crippen LogP contribution in [0.5, 0.6) is 0 Å². The maximum Gasteiger partial charge on any atom is 0.0674 e. The van der Waals surface area contributed by atoms with Gasteiger partial charge in [0.25, 0.3) is 0 Å². The number of rotatable bonds is 3. The molecule has 2 fully saturated rings. The molecule has 0 spiro atoms. The molecule has 0 bridgehead atoms.